The van der Waals surface area contributed by atoms with E-state index in [2.05, 4.69) is 142 Å². The lowest BCUT2D eigenvalue weighted by Crippen LogP contribution is -2.27. The summed E-state index contributed by atoms with van der Waals surface area (Å²) in [5.74, 6) is 0.354. The van der Waals surface area contributed by atoms with Crippen molar-refractivity contribution >= 4 is 50.2 Å². The molecule has 0 amide bonds. The summed E-state index contributed by atoms with van der Waals surface area (Å²) in [5.41, 5.74) is 9.30. The zero-order valence-electron chi connectivity index (χ0n) is 26.3. The van der Waals surface area contributed by atoms with Gasteiger partial charge in [-0.2, -0.15) is 4.58 Å². The SMILES string of the molecule is CN1/C(=C/CC2CCCC(/C=C/C3=[N+](C)c4ccc5ccccc5c4C3(C)C)=C2Cl)C(C)(C)c2c1ccc1ccccc21. The Balaban J connectivity index is 1.17. The maximum Gasteiger partial charge on any atom is 0.210 e. The van der Waals surface area contributed by atoms with Gasteiger partial charge in [0.2, 0.25) is 5.69 Å². The molecule has 4 aromatic carbocycles. The van der Waals surface area contributed by atoms with Crippen molar-refractivity contribution < 1.29 is 4.58 Å². The van der Waals surface area contributed by atoms with E-state index < -0.39 is 0 Å². The molecule has 2 nitrogen and oxygen atoms in total. The smallest absolute Gasteiger partial charge is 0.210 e. The molecule has 0 bridgehead atoms. The van der Waals surface area contributed by atoms with Crippen LogP contribution in [-0.4, -0.2) is 24.4 Å². The minimum atomic E-state index is -0.0925. The molecule has 0 saturated carbocycles. The van der Waals surface area contributed by atoms with E-state index in [1.54, 1.807) is 0 Å². The van der Waals surface area contributed by atoms with Crippen LogP contribution in [0, 0.1) is 5.92 Å². The van der Waals surface area contributed by atoms with E-state index >= 15 is 0 Å². The van der Waals surface area contributed by atoms with E-state index in [1.807, 2.05) is 0 Å². The zero-order chi connectivity index (χ0) is 30.1. The van der Waals surface area contributed by atoms with Crippen molar-refractivity contribution in [3.63, 3.8) is 0 Å². The Kier molecular flexibility index (Phi) is 6.71. The molecule has 218 valence electrons. The van der Waals surface area contributed by atoms with Crippen LogP contribution in [0.4, 0.5) is 11.4 Å². The highest BCUT2D eigenvalue weighted by molar-refractivity contribution is 6.30. The Bertz CT molecular complexity index is 1920. The minimum Gasteiger partial charge on any atom is -0.347 e. The lowest BCUT2D eigenvalue weighted by molar-refractivity contribution is -0.401. The van der Waals surface area contributed by atoms with Gasteiger partial charge in [0.05, 0.1) is 5.41 Å². The van der Waals surface area contributed by atoms with E-state index in [0.717, 1.165) is 24.3 Å². The average Bonchev–Trinajstić information content (AvgIpc) is 3.33. The van der Waals surface area contributed by atoms with E-state index in [4.69, 9.17) is 11.6 Å². The van der Waals surface area contributed by atoms with Crippen molar-refractivity contribution in [3.8, 4) is 0 Å². The molecule has 0 N–H and O–H groups in total. The third kappa shape index (κ3) is 4.32. The van der Waals surface area contributed by atoms with Crippen LogP contribution in [0.1, 0.15) is 64.5 Å². The molecule has 2 aliphatic heterocycles. The number of nitrogens with zero attached hydrogens (tertiary/aromatic N) is 2. The topological polar surface area (TPSA) is 6.25 Å². The Morgan fingerprint density at radius 3 is 2.21 bits per heavy atom. The van der Waals surface area contributed by atoms with Crippen LogP contribution in [0.2, 0.25) is 0 Å². The first kappa shape index (κ1) is 28.2. The molecule has 3 heteroatoms. The van der Waals surface area contributed by atoms with E-state index in [-0.39, 0.29) is 10.8 Å². The Morgan fingerprint density at radius 2 is 1.49 bits per heavy atom. The lowest BCUT2D eigenvalue weighted by Gasteiger charge is -2.27. The fourth-order valence-electron chi connectivity index (χ4n) is 8.32. The molecule has 0 fully saturated rings. The predicted molar refractivity (Wildman–Crippen MR) is 185 cm³/mol. The highest BCUT2D eigenvalue weighted by atomic mass is 35.5. The highest BCUT2D eigenvalue weighted by Gasteiger charge is 2.44. The monoisotopic (exact) mass is 585 g/mol. The van der Waals surface area contributed by atoms with E-state index in [1.165, 1.54) is 67.4 Å². The highest BCUT2D eigenvalue weighted by Crippen LogP contribution is 2.51. The summed E-state index contributed by atoms with van der Waals surface area (Å²) in [6.07, 6.45) is 11.4. The molecule has 4 aromatic rings. The lowest BCUT2D eigenvalue weighted by atomic mass is 9.78. The van der Waals surface area contributed by atoms with Gasteiger partial charge in [0, 0.05) is 46.6 Å². The van der Waals surface area contributed by atoms with Gasteiger partial charge in [-0.05, 0) is 90.3 Å². The number of likely N-dealkylation sites (N-methyl/N-ethyl adjacent to an activating group) is 1. The van der Waals surface area contributed by atoms with E-state index in [0.29, 0.717) is 5.92 Å². The van der Waals surface area contributed by atoms with Crippen molar-refractivity contribution in [3.05, 3.63) is 118 Å². The summed E-state index contributed by atoms with van der Waals surface area (Å²) in [6, 6.07) is 26.6. The van der Waals surface area contributed by atoms with Gasteiger partial charge in [0.25, 0.3) is 0 Å². The van der Waals surface area contributed by atoms with E-state index in [9.17, 15) is 0 Å². The maximum atomic E-state index is 7.23. The first-order valence-electron chi connectivity index (χ1n) is 15.8. The van der Waals surface area contributed by atoms with Gasteiger partial charge < -0.3 is 4.90 Å². The van der Waals surface area contributed by atoms with Crippen molar-refractivity contribution in [2.75, 3.05) is 19.0 Å². The molecule has 0 saturated heterocycles. The quantitative estimate of drug-likeness (QED) is 0.216. The summed E-state index contributed by atoms with van der Waals surface area (Å²) in [4.78, 5) is 2.40. The average molecular weight is 586 g/mol. The number of hydrogen-bond acceptors (Lipinski definition) is 1. The van der Waals surface area contributed by atoms with Gasteiger partial charge >= 0.3 is 0 Å². The fraction of sp³-hybridized carbons (Fsp3) is 0.325. The number of fused-ring (bicyclic) bond motifs is 6. The van der Waals surface area contributed by atoms with Crippen molar-refractivity contribution in [2.24, 2.45) is 5.92 Å². The molecular weight excluding hydrogens is 544 g/mol. The second-order valence-electron chi connectivity index (χ2n) is 13.7. The van der Waals surface area contributed by atoms with Gasteiger partial charge in [-0.15, -0.1) is 0 Å². The molecule has 0 radical (unpaired) electrons. The fourth-order valence-corrected chi connectivity index (χ4v) is 8.68. The number of hydrogen-bond donors (Lipinski definition) is 0. The standard InChI is InChI=1S/C40H42ClN2/c1-39(2)34(42(5)32-22-18-26-12-7-9-16-30(26)36(32)39)24-20-28-14-11-15-29(38(28)41)21-25-35-40(3,4)37-31-17-10-8-13-27(31)19-23-33(37)43(35)6/h7-10,12-13,16-20,22-25,29H,11,14-15,21H2,1-6H3/q+1/b24-20+,35-25+. The molecule has 2 heterocycles. The molecular formula is C40H42ClN2+. The summed E-state index contributed by atoms with van der Waals surface area (Å²) in [6.45, 7) is 9.46. The van der Waals surface area contributed by atoms with Gasteiger partial charge in [-0.3, -0.25) is 0 Å². The van der Waals surface area contributed by atoms with Crippen molar-refractivity contribution in [2.45, 2.75) is 64.2 Å². The molecule has 1 unspecified atom stereocenters. The summed E-state index contributed by atoms with van der Waals surface area (Å²) >= 11 is 7.23. The molecule has 43 heavy (non-hydrogen) atoms. The van der Waals surface area contributed by atoms with Gasteiger partial charge in [-0.1, -0.05) is 92.2 Å². The molecule has 1 aliphatic carbocycles. The second-order valence-corrected chi connectivity index (χ2v) is 14.1. The molecule has 0 aromatic heterocycles. The Labute approximate surface area is 261 Å². The van der Waals surface area contributed by atoms with Gasteiger partial charge in [0.1, 0.15) is 7.05 Å². The number of allylic oxidation sites excluding steroid dienone is 6. The van der Waals surface area contributed by atoms with Crippen LogP contribution in [0.3, 0.4) is 0 Å². The predicted octanol–water partition coefficient (Wildman–Crippen LogP) is 10.5. The third-order valence-corrected chi connectivity index (χ3v) is 11.0. The first-order valence-corrected chi connectivity index (χ1v) is 16.1. The summed E-state index contributed by atoms with van der Waals surface area (Å²) in [5, 5.41) is 6.36. The molecule has 7 rings (SSSR count). The number of rotatable bonds is 4. The molecule has 0 spiro atoms. The van der Waals surface area contributed by atoms with Crippen LogP contribution in [0.15, 0.2) is 107 Å². The van der Waals surface area contributed by atoms with Crippen LogP contribution in [0.25, 0.3) is 21.5 Å². The Hall–Kier alpha value is -3.62. The zero-order valence-corrected chi connectivity index (χ0v) is 27.1. The van der Waals surface area contributed by atoms with Crippen LogP contribution in [-0.2, 0) is 10.8 Å². The number of halogens is 1. The molecule has 3 aliphatic rings. The van der Waals surface area contributed by atoms with Gasteiger partial charge in [0.15, 0.2) is 5.71 Å². The first-order chi connectivity index (χ1) is 20.6. The normalized spacial score (nSPS) is 22.0. The van der Waals surface area contributed by atoms with Crippen molar-refractivity contribution in [1.82, 2.24) is 0 Å². The second kappa shape index (κ2) is 10.2. The van der Waals surface area contributed by atoms with Crippen LogP contribution in [0.5, 0.6) is 0 Å². The number of anilines is 1. The van der Waals surface area contributed by atoms with Crippen LogP contribution < -0.4 is 4.90 Å². The van der Waals surface area contributed by atoms with Crippen molar-refractivity contribution in [1.29, 1.82) is 0 Å². The van der Waals surface area contributed by atoms with Gasteiger partial charge in [-0.25, -0.2) is 0 Å². The minimum absolute atomic E-state index is 0.0625. The Morgan fingerprint density at radius 1 is 0.837 bits per heavy atom. The maximum absolute atomic E-state index is 7.23. The summed E-state index contributed by atoms with van der Waals surface area (Å²) < 4.78 is 2.37. The molecule has 1 atom stereocenters. The third-order valence-electron chi connectivity index (χ3n) is 10.5. The number of benzene rings is 4. The summed E-state index contributed by atoms with van der Waals surface area (Å²) in [7, 11) is 4.42. The van der Waals surface area contributed by atoms with Crippen LogP contribution >= 0.6 is 11.6 Å². The largest absolute Gasteiger partial charge is 0.347 e.